The van der Waals surface area contributed by atoms with Crippen molar-refractivity contribution in [1.29, 1.82) is 0 Å². The Bertz CT molecular complexity index is 136. The van der Waals surface area contributed by atoms with Crippen LogP contribution >= 0.6 is 0 Å². The molecule has 1 heterocycles. The zero-order valence-corrected chi connectivity index (χ0v) is 7.95. The van der Waals surface area contributed by atoms with Crippen LogP contribution < -0.4 is 0 Å². The van der Waals surface area contributed by atoms with Gasteiger partial charge >= 0.3 is 0 Å². The Hall–Kier alpha value is -0.110. The summed E-state index contributed by atoms with van der Waals surface area (Å²) in [6.45, 7) is 7.86. The van der Waals surface area contributed by atoms with Gasteiger partial charge in [0.1, 0.15) is 0 Å². The van der Waals surface area contributed by atoms with Crippen molar-refractivity contribution in [3.63, 3.8) is 0 Å². The van der Waals surface area contributed by atoms with Gasteiger partial charge in [-0.15, -0.1) is 9.60 Å². The summed E-state index contributed by atoms with van der Waals surface area (Å²) in [6.07, 6.45) is 3.07. The zero-order chi connectivity index (χ0) is 8.70. The van der Waals surface area contributed by atoms with Crippen LogP contribution in [0.4, 0.5) is 4.48 Å². The van der Waals surface area contributed by atoms with Crippen molar-refractivity contribution < 1.29 is 4.48 Å². The lowest BCUT2D eigenvalue weighted by atomic mass is 9.82. The summed E-state index contributed by atoms with van der Waals surface area (Å²) in [4.78, 5) is 0. The standard InChI is InChI=1S/C9H18FN/c1-8(2)6-5-7-9(3,4)11(8)10/h5-7H2,1-4H3. The molecule has 1 fully saturated rings. The molecule has 11 heavy (non-hydrogen) atoms. The minimum absolute atomic E-state index is 0.262. The molecule has 0 unspecified atom stereocenters. The van der Waals surface area contributed by atoms with Crippen LogP contribution in [0.15, 0.2) is 0 Å². The van der Waals surface area contributed by atoms with E-state index in [2.05, 4.69) is 0 Å². The van der Waals surface area contributed by atoms with Crippen molar-refractivity contribution in [3.05, 3.63) is 0 Å². The first-order chi connectivity index (χ1) is 4.86. The third-order valence-electron chi connectivity index (χ3n) is 2.64. The lowest BCUT2D eigenvalue weighted by molar-refractivity contribution is -0.168. The molecular weight excluding hydrogens is 141 g/mol. The van der Waals surface area contributed by atoms with E-state index >= 15 is 0 Å². The fourth-order valence-electron chi connectivity index (χ4n) is 1.97. The molecule has 0 saturated carbocycles. The van der Waals surface area contributed by atoms with E-state index in [-0.39, 0.29) is 11.1 Å². The van der Waals surface area contributed by atoms with Crippen molar-refractivity contribution in [2.24, 2.45) is 0 Å². The van der Waals surface area contributed by atoms with Gasteiger partial charge in [-0.3, -0.25) is 0 Å². The van der Waals surface area contributed by atoms with Gasteiger partial charge in [-0.25, -0.2) is 0 Å². The molecule has 1 aliphatic rings. The Kier molecular flexibility index (Phi) is 1.99. The molecule has 0 amide bonds. The third kappa shape index (κ3) is 1.56. The fraction of sp³-hybridized carbons (Fsp3) is 1.00. The highest BCUT2D eigenvalue weighted by Crippen LogP contribution is 2.38. The van der Waals surface area contributed by atoms with Gasteiger partial charge < -0.3 is 0 Å². The van der Waals surface area contributed by atoms with Crippen LogP contribution in [0.3, 0.4) is 0 Å². The van der Waals surface area contributed by atoms with E-state index in [1.807, 2.05) is 27.7 Å². The minimum Gasteiger partial charge on any atom is -0.135 e. The maximum Gasteiger partial charge on any atom is 0.0462 e. The Morgan fingerprint density at radius 3 is 1.64 bits per heavy atom. The fourth-order valence-corrected chi connectivity index (χ4v) is 1.97. The first-order valence-electron chi connectivity index (χ1n) is 4.32. The number of hydrogen-bond donors (Lipinski definition) is 0. The van der Waals surface area contributed by atoms with E-state index < -0.39 is 0 Å². The minimum atomic E-state index is -0.262. The molecule has 1 saturated heterocycles. The third-order valence-corrected chi connectivity index (χ3v) is 2.64. The number of nitrogens with zero attached hydrogens (tertiary/aromatic N) is 1. The molecule has 0 bridgehead atoms. The lowest BCUT2D eigenvalue weighted by Crippen LogP contribution is -2.53. The van der Waals surface area contributed by atoms with Crippen molar-refractivity contribution in [3.8, 4) is 0 Å². The zero-order valence-electron chi connectivity index (χ0n) is 7.95. The predicted molar refractivity (Wildman–Crippen MR) is 45.0 cm³/mol. The van der Waals surface area contributed by atoms with E-state index in [0.717, 1.165) is 24.4 Å². The average molecular weight is 159 g/mol. The van der Waals surface area contributed by atoms with E-state index in [1.165, 1.54) is 0 Å². The molecule has 0 aromatic carbocycles. The summed E-state index contributed by atoms with van der Waals surface area (Å²) in [5.74, 6) is 0. The average Bonchev–Trinajstić information content (AvgIpc) is 1.82. The van der Waals surface area contributed by atoms with Gasteiger partial charge in [0.15, 0.2) is 0 Å². The van der Waals surface area contributed by atoms with E-state index in [0.29, 0.717) is 0 Å². The first-order valence-corrected chi connectivity index (χ1v) is 4.32. The molecule has 1 nitrogen and oxygen atoms in total. The molecule has 0 aliphatic carbocycles. The SMILES string of the molecule is CC1(C)CCCC(C)(C)N1F. The monoisotopic (exact) mass is 159 g/mol. The second kappa shape index (κ2) is 2.44. The molecule has 0 N–H and O–H groups in total. The van der Waals surface area contributed by atoms with Crippen molar-refractivity contribution in [2.45, 2.75) is 58.0 Å². The molecule has 0 spiro atoms. The van der Waals surface area contributed by atoms with E-state index in [4.69, 9.17) is 0 Å². The summed E-state index contributed by atoms with van der Waals surface area (Å²) in [6, 6.07) is 0. The Balaban J connectivity index is 2.76. The van der Waals surface area contributed by atoms with Crippen LogP contribution in [0.5, 0.6) is 0 Å². The molecule has 0 radical (unpaired) electrons. The summed E-state index contributed by atoms with van der Waals surface area (Å²) in [7, 11) is 0. The summed E-state index contributed by atoms with van der Waals surface area (Å²) in [5, 5.41) is 1.02. The number of rotatable bonds is 0. The quantitative estimate of drug-likeness (QED) is 0.491. The maximum absolute atomic E-state index is 13.6. The van der Waals surface area contributed by atoms with Gasteiger partial charge in [-0.05, 0) is 47.0 Å². The molecule has 0 atom stereocenters. The smallest absolute Gasteiger partial charge is 0.0462 e. The Morgan fingerprint density at radius 2 is 1.36 bits per heavy atom. The first kappa shape index (κ1) is 8.98. The van der Waals surface area contributed by atoms with Crippen molar-refractivity contribution in [1.82, 2.24) is 5.12 Å². The molecule has 66 valence electrons. The lowest BCUT2D eigenvalue weighted by Gasteiger charge is -2.46. The van der Waals surface area contributed by atoms with Crippen LogP contribution in [0.2, 0.25) is 0 Å². The summed E-state index contributed by atoms with van der Waals surface area (Å²) in [5.41, 5.74) is -0.524. The van der Waals surface area contributed by atoms with Crippen LogP contribution in [-0.2, 0) is 0 Å². The van der Waals surface area contributed by atoms with Gasteiger partial charge in [-0.1, -0.05) is 0 Å². The number of piperidine rings is 1. The molecule has 0 aromatic heterocycles. The van der Waals surface area contributed by atoms with Gasteiger partial charge in [0.2, 0.25) is 0 Å². The molecule has 2 heteroatoms. The van der Waals surface area contributed by atoms with E-state index in [9.17, 15) is 4.48 Å². The Morgan fingerprint density at radius 1 is 1.00 bits per heavy atom. The highest BCUT2D eigenvalue weighted by molar-refractivity contribution is 4.92. The number of hydrogen-bond acceptors (Lipinski definition) is 1. The van der Waals surface area contributed by atoms with Gasteiger partial charge in [0.25, 0.3) is 0 Å². The Labute approximate surface area is 68.5 Å². The van der Waals surface area contributed by atoms with Crippen LogP contribution in [-0.4, -0.2) is 16.2 Å². The molecule has 1 rings (SSSR count). The van der Waals surface area contributed by atoms with Crippen molar-refractivity contribution in [2.75, 3.05) is 0 Å². The largest absolute Gasteiger partial charge is 0.135 e. The highest BCUT2D eigenvalue weighted by atomic mass is 19.2. The van der Waals surface area contributed by atoms with Crippen LogP contribution in [0.25, 0.3) is 0 Å². The van der Waals surface area contributed by atoms with Gasteiger partial charge in [0.05, 0.1) is 0 Å². The summed E-state index contributed by atoms with van der Waals surface area (Å²) < 4.78 is 13.6. The second-order valence-electron chi connectivity index (χ2n) is 4.76. The highest BCUT2D eigenvalue weighted by Gasteiger charge is 2.41. The summed E-state index contributed by atoms with van der Waals surface area (Å²) >= 11 is 0. The normalized spacial score (nSPS) is 30.3. The predicted octanol–water partition coefficient (Wildman–Crippen LogP) is 2.91. The topological polar surface area (TPSA) is 3.24 Å². The van der Waals surface area contributed by atoms with Crippen molar-refractivity contribution >= 4 is 0 Å². The van der Waals surface area contributed by atoms with Gasteiger partial charge in [-0.2, -0.15) is 0 Å². The molecular formula is C9H18FN. The molecule has 0 aromatic rings. The van der Waals surface area contributed by atoms with Crippen LogP contribution in [0.1, 0.15) is 47.0 Å². The molecule has 1 aliphatic heterocycles. The maximum atomic E-state index is 13.6. The second-order valence-corrected chi connectivity index (χ2v) is 4.76. The van der Waals surface area contributed by atoms with Crippen LogP contribution in [0, 0.1) is 0 Å². The van der Waals surface area contributed by atoms with Gasteiger partial charge in [0, 0.05) is 11.1 Å². The number of halogens is 1. The van der Waals surface area contributed by atoms with E-state index in [1.54, 1.807) is 0 Å².